The van der Waals surface area contributed by atoms with E-state index < -0.39 is 0 Å². The Kier molecular flexibility index (Phi) is 4.09. The van der Waals surface area contributed by atoms with Crippen molar-refractivity contribution in [1.82, 2.24) is 5.32 Å². The van der Waals surface area contributed by atoms with Crippen molar-refractivity contribution in [1.29, 1.82) is 0 Å². The summed E-state index contributed by atoms with van der Waals surface area (Å²) in [6, 6.07) is 7.42. The first-order chi connectivity index (χ1) is 10.1. The Hall–Kier alpha value is -0.890. The third-order valence-corrected chi connectivity index (χ3v) is 5.55. The van der Waals surface area contributed by atoms with Gasteiger partial charge in [-0.1, -0.05) is 44.9 Å². The molecule has 0 amide bonds. The van der Waals surface area contributed by atoms with Gasteiger partial charge in [0.25, 0.3) is 0 Å². The Balaban J connectivity index is 1.78. The minimum Gasteiger partial charge on any atom is -0.316 e. The van der Waals surface area contributed by atoms with E-state index in [1.807, 2.05) is 12.1 Å². The van der Waals surface area contributed by atoms with E-state index in [1.54, 1.807) is 12.1 Å². The van der Waals surface area contributed by atoms with Gasteiger partial charge in [0.1, 0.15) is 5.82 Å². The molecule has 0 unspecified atom stereocenters. The lowest BCUT2D eigenvalue weighted by molar-refractivity contribution is 0.0243. The molecule has 2 fully saturated rings. The van der Waals surface area contributed by atoms with Crippen molar-refractivity contribution in [3.8, 4) is 0 Å². The van der Waals surface area contributed by atoms with Crippen LogP contribution in [0.1, 0.15) is 57.9 Å². The third kappa shape index (κ3) is 2.88. The first kappa shape index (κ1) is 15.0. The molecule has 116 valence electrons. The smallest absolute Gasteiger partial charge is 0.127 e. The van der Waals surface area contributed by atoms with Gasteiger partial charge in [0.2, 0.25) is 0 Å². The van der Waals surface area contributed by atoms with E-state index in [4.69, 9.17) is 0 Å². The standard InChI is InChI=1S/C19H28FN/c1-15(2)11-21-14-19(16-7-3-4-8-17(16)20)12-18(13-19)9-5-6-10-18/h3-4,7-8,15,21H,5-6,9-14H2,1-2H3. The highest BCUT2D eigenvalue weighted by atomic mass is 19.1. The topological polar surface area (TPSA) is 12.0 Å². The van der Waals surface area contributed by atoms with Gasteiger partial charge in [-0.3, -0.25) is 0 Å². The van der Waals surface area contributed by atoms with Gasteiger partial charge in [0, 0.05) is 12.0 Å². The molecule has 2 aliphatic carbocycles. The van der Waals surface area contributed by atoms with Crippen molar-refractivity contribution in [2.75, 3.05) is 13.1 Å². The summed E-state index contributed by atoms with van der Waals surface area (Å²) in [6.45, 7) is 6.39. The highest BCUT2D eigenvalue weighted by Crippen LogP contribution is 2.62. The zero-order valence-corrected chi connectivity index (χ0v) is 13.4. The Labute approximate surface area is 128 Å². The number of rotatable bonds is 5. The SMILES string of the molecule is CC(C)CNCC1(c2ccccc2F)CC2(CCCC2)C1. The highest BCUT2D eigenvalue weighted by Gasteiger charge is 2.56. The van der Waals surface area contributed by atoms with Crippen LogP contribution in [0.15, 0.2) is 24.3 Å². The van der Waals surface area contributed by atoms with E-state index in [0.717, 1.165) is 18.7 Å². The molecule has 2 heteroatoms. The second-order valence-electron chi connectivity index (χ2n) is 7.85. The molecule has 0 saturated heterocycles. The Morgan fingerprint density at radius 3 is 2.43 bits per heavy atom. The van der Waals surface area contributed by atoms with Gasteiger partial charge in [-0.25, -0.2) is 4.39 Å². The van der Waals surface area contributed by atoms with Gasteiger partial charge in [-0.05, 0) is 55.2 Å². The molecular weight excluding hydrogens is 261 g/mol. The molecule has 0 atom stereocenters. The molecule has 2 saturated carbocycles. The van der Waals surface area contributed by atoms with Crippen molar-refractivity contribution >= 4 is 0 Å². The fraction of sp³-hybridized carbons (Fsp3) is 0.684. The van der Waals surface area contributed by atoms with Gasteiger partial charge in [-0.15, -0.1) is 0 Å². The van der Waals surface area contributed by atoms with Crippen LogP contribution < -0.4 is 5.32 Å². The monoisotopic (exact) mass is 289 g/mol. The summed E-state index contributed by atoms with van der Waals surface area (Å²) in [5.74, 6) is 0.625. The van der Waals surface area contributed by atoms with Crippen LogP contribution in [0.2, 0.25) is 0 Å². The summed E-state index contributed by atoms with van der Waals surface area (Å²) in [7, 11) is 0. The van der Waals surface area contributed by atoms with E-state index in [-0.39, 0.29) is 11.2 Å². The lowest BCUT2D eigenvalue weighted by atomic mass is 9.49. The second kappa shape index (κ2) is 5.72. The minimum atomic E-state index is -0.0170. The molecular formula is C19H28FN. The Morgan fingerprint density at radius 1 is 1.14 bits per heavy atom. The average molecular weight is 289 g/mol. The zero-order chi connectivity index (χ0) is 14.9. The van der Waals surface area contributed by atoms with E-state index >= 15 is 0 Å². The fourth-order valence-corrected chi connectivity index (χ4v) is 4.76. The summed E-state index contributed by atoms with van der Waals surface area (Å²) in [4.78, 5) is 0. The molecule has 1 aromatic carbocycles. The summed E-state index contributed by atoms with van der Waals surface area (Å²) in [5.41, 5.74) is 1.51. The van der Waals surface area contributed by atoms with E-state index in [0.29, 0.717) is 11.3 Å². The summed E-state index contributed by atoms with van der Waals surface area (Å²) in [6.07, 6.45) is 7.79. The maximum atomic E-state index is 14.3. The molecule has 1 nitrogen and oxygen atoms in total. The number of halogens is 1. The van der Waals surface area contributed by atoms with E-state index in [9.17, 15) is 4.39 Å². The van der Waals surface area contributed by atoms with E-state index in [2.05, 4.69) is 19.2 Å². The van der Waals surface area contributed by atoms with Gasteiger partial charge in [-0.2, -0.15) is 0 Å². The lowest BCUT2D eigenvalue weighted by Crippen LogP contribution is -2.54. The van der Waals surface area contributed by atoms with Crippen molar-refractivity contribution in [3.05, 3.63) is 35.6 Å². The molecule has 0 heterocycles. The molecule has 1 aromatic rings. The molecule has 0 aliphatic heterocycles. The normalized spacial score (nSPS) is 22.7. The zero-order valence-electron chi connectivity index (χ0n) is 13.4. The van der Waals surface area contributed by atoms with Gasteiger partial charge >= 0.3 is 0 Å². The van der Waals surface area contributed by atoms with Crippen molar-refractivity contribution in [2.45, 2.75) is 57.8 Å². The summed E-state index contributed by atoms with van der Waals surface area (Å²) < 4.78 is 14.3. The summed E-state index contributed by atoms with van der Waals surface area (Å²) >= 11 is 0. The largest absolute Gasteiger partial charge is 0.316 e. The fourth-order valence-electron chi connectivity index (χ4n) is 4.76. The second-order valence-corrected chi connectivity index (χ2v) is 7.85. The van der Waals surface area contributed by atoms with Crippen molar-refractivity contribution in [2.24, 2.45) is 11.3 Å². The van der Waals surface area contributed by atoms with Crippen LogP contribution in [-0.2, 0) is 5.41 Å². The van der Waals surface area contributed by atoms with Crippen LogP contribution in [0.25, 0.3) is 0 Å². The van der Waals surface area contributed by atoms with Gasteiger partial charge in [0.15, 0.2) is 0 Å². The number of hydrogen-bond acceptors (Lipinski definition) is 1. The molecule has 3 rings (SSSR count). The van der Waals surface area contributed by atoms with Crippen molar-refractivity contribution < 1.29 is 4.39 Å². The molecule has 0 bridgehead atoms. The first-order valence-corrected chi connectivity index (χ1v) is 8.51. The van der Waals surface area contributed by atoms with Crippen LogP contribution in [-0.4, -0.2) is 13.1 Å². The number of nitrogens with one attached hydrogen (secondary N) is 1. The number of benzene rings is 1. The Bertz CT molecular complexity index is 480. The van der Waals surface area contributed by atoms with Crippen LogP contribution in [0.3, 0.4) is 0 Å². The summed E-state index contributed by atoms with van der Waals surface area (Å²) in [5, 5.41) is 3.59. The molecule has 0 radical (unpaired) electrons. The van der Waals surface area contributed by atoms with Crippen molar-refractivity contribution in [3.63, 3.8) is 0 Å². The molecule has 1 N–H and O–H groups in total. The van der Waals surface area contributed by atoms with Crippen LogP contribution >= 0.6 is 0 Å². The predicted molar refractivity (Wildman–Crippen MR) is 85.9 cm³/mol. The molecule has 0 aromatic heterocycles. The first-order valence-electron chi connectivity index (χ1n) is 8.51. The van der Waals surface area contributed by atoms with Crippen LogP contribution in [0.4, 0.5) is 4.39 Å². The number of hydrogen-bond donors (Lipinski definition) is 1. The molecule has 2 aliphatic rings. The third-order valence-electron chi connectivity index (χ3n) is 5.55. The average Bonchev–Trinajstić information content (AvgIpc) is 2.87. The van der Waals surface area contributed by atoms with Crippen LogP contribution in [0, 0.1) is 17.2 Å². The minimum absolute atomic E-state index is 0.0170. The predicted octanol–water partition coefficient (Wildman–Crippen LogP) is 4.66. The van der Waals surface area contributed by atoms with Gasteiger partial charge in [0.05, 0.1) is 0 Å². The molecule has 21 heavy (non-hydrogen) atoms. The maximum absolute atomic E-state index is 14.3. The Morgan fingerprint density at radius 2 is 1.81 bits per heavy atom. The van der Waals surface area contributed by atoms with Crippen LogP contribution in [0.5, 0.6) is 0 Å². The lowest BCUT2D eigenvalue weighted by Gasteiger charge is -2.56. The molecule has 1 spiro atoms. The highest BCUT2D eigenvalue weighted by molar-refractivity contribution is 5.33. The quantitative estimate of drug-likeness (QED) is 0.831. The van der Waals surface area contributed by atoms with Gasteiger partial charge < -0.3 is 5.32 Å². The maximum Gasteiger partial charge on any atom is 0.127 e. The van der Waals surface area contributed by atoms with E-state index in [1.165, 1.54) is 38.5 Å².